The van der Waals surface area contributed by atoms with Gasteiger partial charge in [-0.2, -0.15) is 0 Å². The van der Waals surface area contributed by atoms with Crippen LogP contribution in [0.4, 0.5) is 0 Å². The molecule has 0 aliphatic rings. The van der Waals surface area contributed by atoms with Crippen molar-refractivity contribution in [1.29, 1.82) is 0 Å². The molecule has 0 unspecified atom stereocenters. The van der Waals surface area contributed by atoms with Crippen LogP contribution in [-0.2, 0) is 6.54 Å². The Morgan fingerprint density at radius 2 is 2.31 bits per heavy atom. The fourth-order valence-electron chi connectivity index (χ4n) is 1.05. The zero-order valence-electron chi connectivity index (χ0n) is 7.27. The zero-order valence-corrected chi connectivity index (χ0v) is 7.27. The molecule has 0 saturated heterocycles. The lowest BCUT2D eigenvalue weighted by Crippen LogP contribution is -2.22. The Kier molecular flexibility index (Phi) is 3.20. The van der Waals surface area contributed by atoms with Crippen molar-refractivity contribution < 1.29 is 4.79 Å². The molecule has 3 heteroatoms. The monoisotopic (exact) mass is 177 g/mol. The van der Waals surface area contributed by atoms with E-state index in [1.54, 1.807) is 18.3 Å². The molecular formula is C10H11NO2. The van der Waals surface area contributed by atoms with Gasteiger partial charge in [-0.15, -0.1) is 6.58 Å². The molecule has 0 amide bonds. The van der Waals surface area contributed by atoms with E-state index >= 15 is 0 Å². The van der Waals surface area contributed by atoms with Crippen LogP contribution in [0, 0.1) is 0 Å². The number of hydrogen-bond acceptors (Lipinski definition) is 2. The molecule has 1 aromatic heterocycles. The van der Waals surface area contributed by atoms with E-state index in [1.807, 2.05) is 0 Å². The van der Waals surface area contributed by atoms with Gasteiger partial charge in [-0.1, -0.05) is 6.08 Å². The molecule has 1 heterocycles. The van der Waals surface area contributed by atoms with Crippen molar-refractivity contribution in [3.05, 3.63) is 46.9 Å². The number of carbonyl (C=O) groups excluding carboxylic acids is 1. The maximum absolute atomic E-state index is 11.4. The van der Waals surface area contributed by atoms with Crippen molar-refractivity contribution in [3.8, 4) is 0 Å². The molecule has 1 aromatic rings. The summed E-state index contributed by atoms with van der Waals surface area (Å²) in [5, 5.41) is 0. The van der Waals surface area contributed by atoms with Gasteiger partial charge >= 0.3 is 0 Å². The fourth-order valence-corrected chi connectivity index (χ4v) is 1.05. The number of allylic oxidation sites excluding steroid dienone is 1. The topological polar surface area (TPSA) is 39.1 Å². The molecule has 0 atom stereocenters. The van der Waals surface area contributed by atoms with Gasteiger partial charge in [-0.25, -0.2) is 0 Å². The first kappa shape index (κ1) is 9.45. The zero-order chi connectivity index (χ0) is 9.68. The predicted octanol–water partition coefficient (Wildman–Crippen LogP) is 1.24. The Bertz CT molecular complexity index is 365. The highest BCUT2D eigenvalue weighted by Gasteiger charge is 1.99. The second kappa shape index (κ2) is 4.40. The largest absolute Gasteiger partial charge is 0.315 e. The van der Waals surface area contributed by atoms with Crippen LogP contribution in [-0.4, -0.2) is 10.9 Å². The summed E-state index contributed by atoms with van der Waals surface area (Å²) in [6.07, 6.45) is 4.70. The van der Waals surface area contributed by atoms with E-state index in [1.165, 1.54) is 10.6 Å². The Balaban J connectivity index is 3.01. The Morgan fingerprint density at radius 1 is 1.54 bits per heavy atom. The van der Waals surface area contributed by atoms with Crippen LogP contribution < -0.4 is 5.56 Å². The SMILES string of the molecule is C=CCCn1cccc(C=O)c1=O. The highest BCUT2D eigenvalue weighted by atomic mass is 16.1. The number of aryl methyl sites for hydroxylation is 1. The van der Waals surface area contributed by atoms with Gasteiger partial charge in [-0.05, 0) is 18.6 Å². The highest BCUT2D eigenvalue weighted by molar-refractivity contribution is 5.73. The molecule has 68 valence electrons. The van der Waals surface area contributed by atoms with Crippen molar-refractivity contribution in [2.45, 2.75) is 13.0 Å². The summed E-state index contributed by atoms with van der Waals surface area (Å²) >= 11 is 0. The summed E-state index contributed by atoms with van der Waals surface area (Å²) in [5.41, 5.74) is -0.0362. The molecule has 0 aromatic carbocycles. The third kappa shape index (κ3) is 2.15. The minimum atomic E-state index is -0.237. The predicted molar refractivity (Wildman–Crippen MR) is 50.9 cm³/mol. The third-order valence-electron chi connectivity index (χ3n) is 1.75. The van der Waals surface area contributed by atoms with Gasteiger partial charge in [0.15, 0.2) is 6.29 Å². The number of nitrogens with zero attached hydrogens (tertiary/aromatic N) is 1. The van der Waals surface area contributed by atoms with Gasteiger partial charge in [0.25, 0.3) is 5.56 Å². The average Bonchev–Trinajstić information content (AvgIpc) is 2.16. The molecule has 13 heavy (non-hydrogen) atoms. The molecule has 0 saturated carbocycles. The molecule has 3 nitrogen and oxygen atoms in total. The van der Waals surface area contributed by atoms with Crippen LogP contribution in [0.25, 0.3) is 0 Å². The summed E-state index contributed by atoms with van der Waals surface area (Å²) in [5.74, 6) is 0. The van der Waals surface area contributed by atoms with E-state index < -0.39 is 0 Å². The lowest BCUT2D eigenvalue weighted by Gasteiger charge is -2.02. The molecule has 0 spiro atoms. The quantitative estimate of drug-likeness (QED) is 0.512. The molecule has 1 rings (SSSR count). The number of hydrogen-bond donors (Lipinski definition) is 0. The lowest BCUT2D eigenvalue weighted by atomic mass is 10.3. The average molecular weight is 177 g/mol. The van der Waals surface area contributed by atoms with Crippen molar-refractivity contribution in [2.24, 2.45) is 0 Å². The number of carbonyl (C=O) groups is 1. The van der Waals surface area contributed by atoms with Gasteiger partial charge in [0.2, 0.25) is 0 Å². The molecule has 0 aliphatic carbocycles. The number of rotatable bonds is 4. The standard InChI is InChI=1S/C10H11NO2/c1-2-3-6-11-7-4-5-9(8-12)10(11)13/h2,4-5,7-8H,1,3,6H2. The van der Waals surface area contributed by atoms with Crippen LogP contribution in [0.2, 0.25) is 0 Å². The molecule has 0 radical (unpaired) electrons. The Labute approximate surface area is 76.3 Å². The van der Waals surface area contributed by atoms with Crippen molar-refractivity contribution in [1.82, 2.24) is 4.57 Å². The van der Waals surface area contributed by atoms with Crippen LogP contribution >= 0.6 is 0 Å². The normalized spacial score (nSPS) is 9.54. The van der Waals surface area contributed by atoms with E-state index in [2.05, 4.69) is 6.58 Å². The summed E-state index contributed by atoms with van der Waals surface area (Å²) in [4.78, 5) is 21.8. The minimum absolute atomic E-state index is 0.201. The van der Waals surface area contributed by atoms with Gasteiger partial charge in [0, 0.05) is 12.7 Å². The molecule has 0 bridgehead atoms. The maximum Gasteiger partial charge on any atom is 0.261 e. The second-order valence-corrected chi connectivity index (χ2v) is 2.66. The Hall–Kier alpha value is -1.64. The van der Waals surface area contributed by atoms with Crippen molar-refractivity contribution in [2.75, 3.05) is 0 Å². The first-order valence-electron chi connectivity index (χ1n) is 4.05. The van der Waals surface area contributed by atoms with Crippen molar-refractivity contribution in [3.63, 3.8) is 0 Å². The van der Waals surface area contributed by atoms with E-state index in [0.29, 0.717) is 12.8 Å². The minimum Gasteiger partial charge on any atom is -0.315 e. The summed E-state index contributed by atoms with van der Waals surface area (Å²) in [7, 11) is 0. The number of pyridine rings is 1. The number of aldehydes is 1. The van der Waals surface area contributed by atoms with Gasteiger partial charge in [0.05, 0.1) is 5.56 Å². The van der Waals surface area contributed by atoms with Crippen LogP contribution in [0.15, 0.2) is 35.8 Å². The molecule has 0 fully saturated rings. The Morgan fingerprint density at radius 3 is 2.92 bits per heavy atom. The number of aromatic nitrogens is 1. The molecule has 0 N–H and O–H groups in total. The lowest BCUT2D eigenvalue weighted by molar-refractivity contribution is 0.112. The summed E-state index contributed by atoms with van der Waals surface area (Å²) in [6, 6.07) is 3.20. The van der Waals surface area contributed by atoms with E-state index in [4.69, 9.17) is 0 Å². The van der Waals surface area contributed by atoms with Crippen molar-refractivity contribution >= 4 is 6.29 Å². The first-order chi connectivity index (χ1) is 6.29. The van der Waals surface area contributed by atoms with Gasteiger partial charge < -0.3 is 4.57 Å². The summed E-state index contributed by atoms with van der Waals surface area (Å²) < 4.78 is 1.51. The first-order valence-corrected chi connectivity index (χ1v) is 4.05. The third-order valence-corrected chi connectivity index (χ3v) is 1.75. The van der Waals surface area contributed by atoms with Crippen LogP contribution in [0.1, 0.15) is 16.8 Å². The van der Waals surface area contributed by atoms with Crippen LogP contribution in [0.5, 0.6) is 0 Å². The van der Waals surface area contributed by atoms with E-state index in [9.17, 15) is 9.59 Å². The smallest absolute Gasteiger partial charge is 0.261 e. The molecule has 0 aliphatic heterocycles. The summed E-state index contributed by atoms with van der Waals surface area (Å²) in [6.45, 7) is 4.14. The fraction of sp³-hybridized carbons (Fsp3) is 0.200. The second-order valence-electron chi connectivity index (χ2n) is 2.66. The van der Waals surface area contributed by atoms with E-state index in [0.717, 1.165) is 6.42 Å². The van der Waals surface area contributed by atoms with E-state index in [-0.39, 0.29) is 11.1 Å². The van der Waals surface area contributed by atoms with Crippen LogP contribution in [0.3, 0.4) is 0 Å². The maximum atomic E-state index is 11.4. The molecular weight excluding hydrogens is 166 g/mol. The highest BCUT2D eigenvalue weighted by Crippen LogP contribution is 1.91. The van der Waals surface area contributed by atoms with Gasteiger partial charge in [0.1, 0.15) is 0 Å². The van der Waals surface area contributed by atoms with Gasteiger partial charge in [-0.3, -0.25) is 9.59 Å².